The van der Waals surface area contributed by atoms with Crippen molar-refractivity contribution in [1.82, 2.24) is 4.90 Å². The van der Waals surface area contributed by atoms with Crippen LogP contribution in [0.25, 0.3) is 0 Å². The highest BCUT2D eigenvalue weighted by molar-refractivity contribution is 5.93. The molecule has 1 unspecified atom stereocenters. The molecule has 1 aromatic carbocycles. The van der Waals surface area contributed by atoms with E-state index in [0.717, 1.165) is 49.2 Å². The maximum absolute atomic E-state index is 12.2. The molecule has 0 saturated carbocycles. The second-order valence-corrected chi connectivity index (χ2v) is 6.49. The summed E-state index contributed by atoms with van der Waals surface area (Å²) < 4.78 is 0. The zero-order valence-corrected chi connectivity index (χ0v) is 13.3. The Bertz CT molecular complexity index is 512. The van der Waals surface area contributed by atoms with Crippen molar-refractivity contribution in [2.45, 2.75) is 45.6 Å². The van der Waals surface area contributed by atoms with Gasteiger partial charge in [-0.2, -0.15) is 0 Å². The van der Waals surface area contributed by atoms with Gasteiger partial charge in [0.2, 0.25) is 5.91 Å². The summed E-state index contributed by atoms with van der Waals surface area (Å²) in [6.45, 7) is 7.93. The number of benzene rings is 1. The predicted octanol–water partition coefficient (Wildman–Crippen LogP) is 2.48. The average Bonchev–Trinajstić information content (AvgIpc) is 2.55. The number of hydrogen-bond acceptors (Lipinski definition) is 3. The topological polar surface area (TPSA) is 52.6 Å². The zero-order valence-electron chi connectivity index (χ0n) is 13.3. The molecule has 1 atom stereocenters. The Labute approximate surface area is 127 Å². The molecule has 116 valence electrons. The number of rotatable bonds is 3. The van der Waals surface area contributed by atoms with Crippen molar-refractivity contribution in [2.75, 3.05) is 25.0 Å². The van der Waals surface area contributed by atoms with Crippen molar-refractivity contribution in [3.63, 3.8) is 0 Å². The molecular weight excluding hydrogens is 264 g/mol. The van der Waals surface area contributed by atoms with Gasteiger partial charge >= 0.3 is 0 Å². The molecule has 1 fully saturated rings. The fourth-order valence-electron chi connectivity index (χ4n) is 2.74. The van der Waals surface area contributed by atoms with E-state index in [1.165, 1.54) is 0 Å². The van der Waals surface area contributed by atoms with Crippen molar-refractivity contribution in [3.05, 3.63) is 29.3 Å². The number of aryl methyl sites for hydroxylation is 2. The van der Waals surface area contributed by atoms with E-state index < -0.39 is 5.60 Å². The van der Waals surface area contributed by atoms with E-state index in [0.29, 0.717) is 6.54 Å². The summed E-state index contributed by atoms with van der Waals surface area (Å²) in [5, 5.41) is 13.1. The lowest BCUT2D eigenvalue weighted by Crippen LogP contribution is -2.35. The first-order chi connectivity index (χ1) is 9.85. The van der Waals surface area contributed by atoms with Crippen LogP contribution in [0.3, 0.4) is 0 Å². The predicted molar refractivity (Wildman–Crippen MR) is 85.5 cm³/mol. The Balaban J connectivity index is 1.91. The van der Waals surface area contributed by atoms with Crippen LogP contribution in [0.5, 0.6) is 0 Å². The lowest BCUT2D eigenvalue weighted by molar-refractivity contribution is -0.117. The highest BCUT2D eigenvalue weighted by Gasteiger charge is 2.25. The molecule has 1 amide bonds. The first-order valence-electron chi connectivity index (χ1n) is 7.68. The summed E-state index contributed by atoms with van der Waals surface area (Å²) in [5.41, 5.74) is 2.52. The Morgan fingerprint density at radius 1 is 1.33 bits per heavy atom. The largest absolute Gasteiger partial charge is 0.390 e. The van der Waals surface area contributed by atoms with E-state index in [4.69, 9.17) is 0 Å². The number of amides is 1. The van der Waals surface area contributed by atoms with Crippen molar-refractivity contribution in [2.24, 2.45) is 0 Å². The van der Waals surface area contributed by atoms with Gasteiger partial charge in [-0.15, -0.1) is 0 Å². The quantitative estimate of drug-likeness (QED) is 0.899. The Morgan fingerprint density at radius 3 is 2.86 bits per heavy atom. The molecule has 4 nitrogen and oxygen atoms in total. The number of anilines is 1. The van der Waals surface area contributed by atoms with Gasteiger partial charge in [0.05, 0.1) is 12.1 Å². The Morgan fingerprint density at radius 2 is 2.10 bits per heavy atom. The second kappa shape index (κ2) is 6.58. The van der Waals surface area contributed by atoms with Crippen LogP contribution in [-0.2, 0) is 4.79 Å². The van der Waals surface area contributed by atoms with Crippen molar-refractivity contribution in [3.8, 4) is 0 Å². The number of likely N-dealkylation sites (tertiary alicyclic amines) is 1. The van der Waals surface area contributed by atoms with Gasteiger partial charge < -0.3 is 10.4 Å². The molecule has 1 aromatic rings. The molecule has 0 spiro atoms. The number of hydrogen-bond donors (Lipinski definition) is 2. The Kier molecular flexibility index (Phi) is 5.01. The summed E-state index contributed by atoms with van der Waals surface area (Å²) in [6.07, 6.45) is 2.47. The van der Waals surface area contributed by atoms with Crippen molar-refractivity contribution < 1.29 is 9.90 Å². The first kappa shape index (κ1) is 16.0. The minimum atomic E-state index is -0.585. The van der Waals surface area contributed by atoms with Gasteiger partial charge in [-0.1, -0.05) is 12.1 Å². The smallest absolute Gasteiger partial charge is 0.238 e. The zero-order chi connectivity index (χ0) is 15.5. The molecular formula is C17H26N2O2. The van der Waals surface area contributed by atoms with Gasteiger partial charge in [-0.3, -0.25) is 9.69 Å². The van der Waals surface area contributed by atoms with Crippen LogP contribution in [0.2, 0.25) is 0 Å². The minimum Gasteiger partial charge on any atom is -0.390 e. The van der Waals surface area contributed by atoms with Crippen LogP contribution in [0.4, 0.5) is 5.69 Å². The van der Waals surface area contributed by atoms with Crippen LogP contribution in [0.1, 0.15) is 37.3 Å². The van der Waals surface area contributed by atoms with E-state index in [-0.39, 0.29) is 5.91 Å². The number of carbonyl (C=O) groups excluding carboxylic acids is 1. The van der Waals surface area contributed by atoms with Gasteiger partial charge in [-0.25, -0.2) is 0 Å². The molecule has 1 heterocycles. The van der Waals surface area contributed by atoms with Gasteiger partial charge in [0.1, 0.15) is 0 Å². The molecule has 1 aliphatic rings. The molecule has 1 saturated heterocycles. The maximum atomic E-state index is 12.2. The fourth-order valence-corrected chi connectivity index (χ4v) is 2.74. The molecule has 21 heavy (non-hydrogen) atoms. The summed E-state index contributed by atoms with van der Waals surface area (Å²) in [4.78, 5) is 14.3. The summed E-state index contributed by atoms with van der Waals surface area (Å²) in [5.74, 6) is 0.0187. The highest BCUT2D eigenvalue weighted by atomic mass is 16.3. The third kappa shape index (κ3) is 4.83. The molecule has 2 N–H and O–H groups in total. The summed E-state index contributed by atoms with van der Waals surface area (Å²) >= 11 is 0. The van der Waals surface area contributed by atoms with Gasteiger partial charge in [0, 0.05) is 12.2 Å². The standard InChI is InChI=1S/C17H26N2O2/c1-13-5-6-14(2)15(11-13)18-16(20)12-19-9-4-7-17(3,21)8-10-19/h5-6,11,21H,4,7-10,12H2,1-3H3,(H,18,20). The van der Waals surface area contributed by atoms with Crippen LogP contribution in [0.15, 0.2) is 18.2 Å². The minimum absolute atomic E-state index is 0.0187. The molecule has 4 heteroatoms. The van der Waals surface area contributed by atoms with E-state index in [9.17, 15) is 9.90 Å². The molecule has 0 bridgehead atoms. The normalized spacial score (nSPS) is 23.6. The number of aliphatic hydroxyl groups is 1. The van der Waals surface area contributed by atoms with Gasteiger partial charge in [0.15, 0.2) is 0 Å². The van der Waals surface area contributed by atoms with Gasteiger partial charge in [0.25, 0.3) is 0 Å². The van der Waals surface area contributed by atoms with E-state index >= 15 is 0 Å². The Hall–Kier alpha value is -1.39. The third-order valence-corrected chi connectivity index (χ3v) is 4.19. The summed E-state index contributed by atoms with van der Waals surface area (Å²) in [7, 11) is 0. The van der Waals surface area contributed by atoms with Crippen LogP contribution in [0, 0.1) is 13.8 Å². The summed E-state index contributed by atoms with van der Waals surface area (Å²) in [6, 6.07) is 6.07. The number of nitrogens with one attached hydrogen (secondary N) is 1. The monoisotopic (exact) mass is 290 g/mol. The average molecular weight is 290 g/mol. The first-order valence-corrected chi connectivity index (χ1v) is 7.68. The van der Waals surface area contributed by atoms with Crippen LogP contribution >= 0.6 is 0 Å². The molecule has 0 aliphatic carbocycles. The lowest BCUT2D eigenvalue weighted by Gasteiger charge is -2.22. The fraction of sp³-hybridized carbons (Fsp3) is 0.588. The van der Waals surface area contributed by atoms with Crippen LogP contribution < -0.4 is 5.32 Å². The lowest BCUT2D eigenvalue weighted by atomic mass is 9.98. The number of carbonyl (C=O) groups is 1. The van der Waals surface area contributed by atoms with Crippen molar-refractivity contribution >= 4 is 11.6 Å². The maximum Gasteiger partial charge on any atom is 0.238 e. The number of nitrogens with zero attached hydrogens (tertiary/aromatic N) is 1. The molecule has 0 aromatic heterocycles. The SMILES string of the molecule is Cc1ccc(C)c(NC(=O)CN2CCCC(C)(O)CC2)c1. The molecule has 0 radical (unpaired) electrons. The highest BCUT2D eigenvalue weighted by Crippen LogP contribution is 2.21. The molecule has 2 rings (SSSR count). The van der Waals surface area contributed by atoms with Gasteiger partial charge in [-0.05, 0) is 63.8 Å². The van der Waals surface area contributed by atoms with Crippen molar-refractivity contribution in [1.29, 1.82) is 0 Å². The molecule has 1 aliphatic heterocycles. The third-order valence-electron chi connectivity index (χ3n) is 4.19. The second-order valence-electron chi connectivity index (χ2n) is 6.49. The van der Waals surface area contributed by atoms with E-state index in [1.54, 1.807) is 0 Å². The van der Waals surface area contributed by atoms with E-state index in [2.05, 4.69) is 10.2 Å². The van der Waals surface area contributed by atoms with E-state index in [1.807, 2.05) is 39.0 Å². The van der Waals surface area contributed by atoms with Crippen LogP contribution in [-0.4, -0.2) is 41.1 Å².